The van der Waals surface area contributed by atoms with Gasteiger partial charge in [0.1, 0.15) is 0 Å². The largest absolute Gasteiger partial charge is 0.323 e. The van der Waals surface area contributed by atoms with E-state index >= 15 is 0 Å². The highest BCUT2D eigenvalue weighted by atomic mass is 35.5. The van der Waals surface area contributed by atoms with Crippen LogP contribution in [0.4, 0.5) is 5.69 Å². The van der Waals surface area contributed by atoms with Gasteiger partial charge >= 0.3 is 0 Å². The van der Waals surface area contributed by atoms with Gasteiger partial charge in [-0.1, -0.05) is 37.9 Å². The van der Waals surface area contributed by atoms with Gasteiger partial charge in [-0.05, 0) is 30.5 Å². The fourth-order valence-electron chi connectivity index (χ4n) is 1.45. The van der Waals surface area contributed by atoms with Crippen molar-refractivity contribution in [3.05, 3.63) is 28.8 Å². The van der Waals surface area contributed by atoms with Gasteiger partial charge in [-0.25, -0.2) is 0 Å². The van der Waals surface area contributed by atoms with E-state index in [1.807, 2.05) is 32.9 Å². The molecule has 0 bridgehead atoms. The maximum absolute atomic E-state index is 11.9. The minimum atomic E-state index is -0.502. The zero-order valence-corrected chi connectivity index (χ0v) is 11.2. The van der Waals surface area contributed by atoms with E-state index in [1.165, 1.54) is 0 Å². The number of hydrogen-bond donors (Lipinski definition) is 2. The molecule has 0 aliphatic rings. The first-order valence-corrected chi connectivity index (χ1v) is 6.16. The Bertz CT molecular complexity index is 406. The second-order valence-electron chi connectivity index (χ2n) is 4.38. The minimum Gasteiger partial charge on any atom is -0.323 e. The maximum atomic E-state index is 11.9. The van der Waals surface area contributed by atoms with E-state index in [0.29, 0.717) is 10.7 Å². The fraction of sp³-hybridized carbons (Fsp3) is 0.462. The molecule has 0 spiro atoms. The molecule has 1 amide bonds. The number of carbonyl (C=O) groups excluding carboxylic acids is 1. The van der Waals surface area contributed by atoms with Crippen LogP contribution < -0.4 is 11.1 Å². The second kappa shape index (κ2) is 6.03. The van der Waals surface area contributed by atoms with Crippen LogP contribution in [0.1, 0.15) is 25.8 Å². The lowest BCUT2D eigenvalue weighted by molar-refractivity contribution is -0.118. The van der Waals surface area contributed by atoms with E-state index in [0.717, 1.165) is 12.0 Å². The topological polar surface area (TPSA) is 55.1 Å². The van der Waals surface area contributed by atoms with Crippen molar-refractivity contribution >= 4 is 23.2 Å². The molecule has 1 rings (SSSR count). The Morgan fingerprint density at radius 3 is 2.71 bits per heavy atom. The number of benzene rings is 1. The Morgan fingerprint density at radius 2 is 2.18 bits per heavy atom. The van der Waals surface area contributed by atoms with Gasteiger partial charge in [-0.2, -0.15) is 0 Å². The van der Waals surface area contributed by atoms with E-state index in [4.69, 9.17) is 17.3 Å². The SMILES string of the molecule is CCC(C)C(N)C(=O)Nc1ccc(C)cc1Cl. The van der Waals surface area contributed by atoms with Crippen molar-refractivity contribution < 1.29 is 4.79 Å². The molecular formula is C13H19ClN2O. The first-order valence-electron chi connectivity index (χ1n) is 5.78. The first-order chi connectivity index (χ1) is 7.95. The lowest BCUT2D eigenvalue weighted by Gasteiger charge is -2.18. The number of nitrogens with two attached hydrogens (primary N) is 1. The Kier molecular flexibility index (Phi) is 4.97. The van der Waals surface area contributed by atoms with E-state index in [9.17, 15) is 4.79 Å². The first kappa shape index (κ1) is 14.0. The van der Waals surface area contributed by atoms with E-state index in [-0.39, 0.29) is 11.8 Å². The maximum Gasteiger partial charge on any atom is 0.241 e. The van der Waals surface area contributed by atoms with Gasteiger partial charge in [-0.3, -0.25) is 4.79 Å². The van der Waals surface area contributed by atoms with Crippen LogP contribution in [0.3, 0.4) is 0 Å². The van der Waals surface area contributed by atoms with Gasteiger partial charge in [0.15, 0.2) is 0 Å². The highest BCUT2D eigenvalue weighted by molar-refractivity contribution is 6.33. The average molecular weight is 255 g/mol. The molecule has 0 fully saturated rings. The van der Waals surface area contributed by atoms with Crippen molar-refractivity contribution in [3.8, 4) is 0 Å². The van der Waals surface area contributed by atoms with Crippen LogP contribution in [-0.4, -0.2) is 11.9 Å². The highest BCUT2D eigenvalue weighted by Gasteiger charge is 2.19. The van der Waals surface area contributed by atoms with Gasteiger partial charge in [0, 0.05) is 0 Å². The number of anilines is 1. The van der Waals surface area contributed by atoms with Crippen molar-refractivity contribution in [1.29, 1.82) is 0 Å². The smallest absolute Gasteiger partial charge is 0.241 e. The van der Waals surface area contributed by atoms with Crippen LogP contribution in [0.2, 0.25) is 5.02 Å². The third-order valence-electron chi connectivity index (χ3n) is 2.94. The quantitative estimate of drug-likeness (QED) is 0.868. The molecule has 3 N–H and O–H groups in total. The average Bonchev–Trinajstić information content (AvgIpc) is 2.30. The van der Waals surface area contributed by atoms with Crippen LogP contribution in [0.25, 0.3) is 0 Å². The summed E-state index contributed by atoms with van der Waals surface area (Å²) in [7, 11) is 0. The molecule has 3 nitrogen and oxygen atoms in total. The summed E-state index contributed by atoms with van der Waals surface area (Å²) in [5.74, 6) is -0.0377. The van der Waals surface area contributed by atoms with Gasteiger partial charge in [-0.15, -0.1) is 0 Å². The van der Waals surface area contributed by atoms with Gasteiger partial charge in [0.2, 0.25) is 5.91 Å². The number of hydrogen-bond acceptors (Lipinski definition) is 2. The standard InChI is InChI=1S/C13H19ClN2O/c1-4-9(3)12(15)13(17)16-11-6-5-8(2)7-10(11)14/h5-7,9,12H,4,15H2,1-3H3,(H,16,17). The molecule has 2 atom stereocenters. The lowest BCUT2D eigenvalue weighted by Crippen LogP contribution is -2.40. The molecule has 1 aromatic rings. The molecular weight excluding hydrogens is 236 g/mol. The summed E-state index contributed by atoms with van der Waals surface area (Å²) in [6, 6.07) is 5.00. The highest BCUT2D eigenvalue weighted by Crippen LogP contribution is 2.23. The van der Waals surface area contributed by atoms with Crippen LogP contribution in [-0.2, 0) is 4.79 Å². The molecule has 2 unspecified atom stereocenters. The van der Waals surface area contributed by atoms with Crippen molar-refractivity contribution in [3.63, 3.8) is 0 Å². The Hall–Kier alpha value is -1.06. The molecule has 0 heterocycles. The summed E-state index contributed by atoms with van der Waals surface area (Å²) >= 11 is 6.04. The molecule has 0 aliphatic carbocycles. The van der Waals surface area contributed by atoms with E-state index < -0.39 is 6.04 Å². The minimum absolute atomic E-state index is 0.152. The van der Waals surface area contributed by atoms with Crippen molar-refractivity contribution in [1.82, 2.24) is 0 Å². The molecule has 0 aromatic heterocycles. The lowest BCUT2D eigenvalue weighted by atomic mass is 9.99. The van der Waals surface area contributed by atoms with Gasteiger partial charge in [0.25, 0.3) is 0 Å². The number of carbonyl (C=O) groups is 1. The second-order valence-corrected chi connectivity index (χ2v) is 4.79. The Morgan fingerprint density at radius 1 is 1.53 bits per heavy atom. The zero-order valence-electron chi connectivity index (χ0n) is 10.5. The third-order valence-corrected chi connectivity index (χ3v) is 3.25. The third kappa shape index (κ3) is 3.72. The number of amides is 1. The predicted octanol–water partition coefficient (Wildman–Crippen LogP) is 2.96. The summed E-state index contributed by atoms with van der Waals surface area (Å²) in [6.45, 7) is 5.92. The van der Waals surface area contributed by atoms with Crippen molar-refractivity contribution in [2.24, 2.45) is 11.7 Å². The molecule has 0 aliphatic heterocycles. The van der Waals surface area contributed by atoms with Gasteiger partial charge < -0.3 is 11.1 Å². The molecule has 1 aromatic carbocycles. The van der Waals surface area contributed by atoms with Crippen LogP contribution in [0.15, 0.2) is 18.2 Å². The summed E-state index contributed by atoms with van der Waals surface area (Å²) < 4.78 is 0. The molecule has 0 saturated carbocycles. The molecule has 4 heteroatoms. The van der Waals surface area contributed by atoms with Crippen LogP contribution in [0, 0.1) is 12.8 Å². The number of rotatable bonds is 4. The number of aryl methyl sites for hydroxylation is 1. The number of halogens is 1. The van der Waals surface area contributed by atoms with Crippen LogP contribution in [0.5, 0.6) is 0 Å². The normalized spacial score (nSPS) is 14.2. The monoisotopic (exact) mass is 254 g/mol. The molecule has 94 valence electrons. The summed E-state index contributed by atoms with van der Waals surface area (Å²) in [6.07, 6.45) is 0.871. The molecule has 17 heavy (non-hydrogen) atoms. The Balaban J connectivity index is 2.74. The summed E-state index contributed by atoms with van der Waals surface area (Å²) in [5, 5.41) is 3.29. The van der Waals surface area contributed by atoms with Crippen LogP contribution >= 0.6 is 11.6 Å². The van der Waals surface area contributed by atoms with E-state index in [1.54, 1.807) is 6.07 Å². The zero-order chi connectivity index (χ0) is 13.0. The summed E-state index contributed by atoms with van der Waals surface area (Å²) in [5.41, 5.74) is 7.51. The van der Waals surface area contributed by atoms with Crippen molar-refractivity contribution in [2.75, 3.05) is 5.32 Å². The predicted molar refractivity (Wildman–Crippen MR) is 72.2 cm³/mol. The summed E-state index contributed by atoms with van der Waals surface area (Å²) in [4.78, 5) is 11.9. The fourth-order valence-corrected chi connectivity index (χ4v) is 1.73. The Labute approximate surface area is 107 Å². The van der Waals surface area contributed by atoms with Gasteiger partial charge in [0.05, 0.1) is 16.8 Å². The molecule has 0 saturated heterocycles. The van der Waals surface area contributed by atoms with E-state index in [2.05, 4.69) is 5.32 Å². The number of nitrogens with one attached hydrogen (secondary N) is 1. The molecule has 0 radical (unpaired) electrons. The van der Waals surface area contributed by atoms with Crippen molar-refractivity contribution in [2.45, 2.75) is 33.2 Å².